The minimum atomic E-state index is -1.36. The first kappa shape index (κ1) is 29.1. The number of phenols is 1. The van der Waals surface area contributed by atoms with E-state index < -0.39 is 52.6 Å². The molecule has 3 aromatic carbocycles. The summed E-state index contributed by atoms with van der Waals surface area (Å²) >= 11 is 7.58. The Morgan fingerprint density at radius 1 is 0.978 bits per heavy atom. The van der Waals surface area contributed by atoms with Gasteiger partial charge in [-0.15, -0.1) is 11.3 Å². The van der Waals surface area contributed by atoms with Crippen LogP contribution in [0.1, 0.15) is 36.1 Å². The summed E-state index contributed by atoms with van der Waals surface area (Å²) < 4.78 is 14.2. The highest BCUT2D eigenvalue weighted by Crippen LogP contribution is 2.65. The van der Waals surface area contributed by atoms with Crippen LogP contribution in [0.5, 0.6) is 5.75 Å². The van der Waals surface area contributed by atoms with E-state index in [1.54, 1.807) is 19.1 Å². The highest BCUT2D eigenvalue weighted by Gasteiger charge is 2.68. The van der Waals surface area contributed by atoms with Crippen molar-refractivity contribution >= 4 is 63.0 Å². The standard InChI is InChI=1S/C36H28ClFN2O5S/c1-36-25(33(43)40(35(36)45)19-9-12-27(38)26(37)15-19)16-24-22(31(36)30-21-7-3-2-5-18(21)8-13-28(30)41)10-11-23-29(24)34(44)39(32(23)42)17-20-6-4-14-46-20/h2-10,12-15,23-25,29,31,41H,11,16-17H2,1H3/t23-,24+,25-,29-,31+,36+/m0/s1. The number of anilines is 1. The molecule has 1 N–H and O–H groups in total. The van der Waals surface area contributed by atoms with E-state index in [4.69, 9.17) is 11.6 Å². The lowest BCUT2D eigenvalue weighted by atomic mass is 9.51. The molecule has 8 rings (SSSR count). The average molecular weight is 655 g/mol. The predicted octanol–water partition coefficient (Wildman–Crippen LogP) is 6.83. The molecule has 0 spiro atoms. The van der Waals surface area contributed by atoms with Gasteiger partial charge >= 0.3 is 0 Å². The number of allylic oxidation sites excluding steroid dienone is 2. The lowest BCUT2D eigenvalue weighted by molar-refractivity contribution is -0.141. The van der Waals surface area contributed by atoms with E-state index in [1.165, 1.54) is 28.4 Å². The predicted molar refractivity (Wildman–Crippen MR) is 172 cm³/mol. The molecule has 0 unspecified atom stereocenters. The highest BCUT2D eigenvalue weighted by molar-refractivity contribution is 7.09. The van der Waals surface area contributed by atoms with Crippen LogP contribution in [0.15, 0.2) is 83.8 Å². The first-order valence-electron chi connectivity index (χ1n) is 15.2. The van der Waals surface area contributed by atoms with Crippen LogP contribution >= 0.6 is 22.9 Å². The van der Waals surface area contributed by atoms with Gasteiger partial charge in [0.1, 0.15) is 11.6 Å². The maximum Gasteiger partial charge on any atom is 0.241 e. The van der Waals surface area contributed by atoms with Crippen LogP contribution in [0.25, 0.3) is 10.8 Å². The maximum atomic E-state index is 14.7. The van der Waals surface area contributed by atoms with Crippen molar-refractivity contribution in [1.29, 1.82) is 0 Å². The maximum absolute atomic E-state index is 14.7. The van der Waals surface area contributed by atoms with E-state index in [2.05, 4.69) is 0 Å². The summed E-state index contributed by atoms with van der Waals surface area (Å²) in [6.45, 7) is 1.94. The minimum absolute atomic E-state index is 0.0241. The fourth-order valence-electron chi connectivity index (χ4n) is 8.56. The first-order valence-corrected chi connectivity index (χ1v) is 16.5. The van der Waals surface area contributed by atoms with Crippen LogP contribution in [0.2, 0.25) is 5.02 Å². The summed E-state index contributed by atoms with van der Waals surface area (Å²) in [7, 11) is 0. The van der Waals surface area contributed by atoms with E-state index in [0.717, 1.165) is 32.2 Å². The molecule has 2 aliphatic carbocycles. The SMILES string of the molecule is C[C@@]12C(=O)N(c3ccc(F)c(Cl)c3)C(=O)[C@@H]1C[C@@H]1C(=CC[C@@H]3C(=O)N(Cc4cccs4)C(=O)[C@@H]31)[C@@H]2c1c(O)ccc2ccccc12. The van der Waals surface area contributed by atoms with Gasteiger partial charge in [0.15, 0.2) is 0 Å². The molecule has 6 atom stereocenters. The number of hydrogen-bond donors (Lipinski definition) is 1. The van der Waals surface area contributed by atoms with Crippen molar-refractivity contribution in [3.8, 4) is 5.75 Å². The van der Waals surface area contributed by atoms with Gasteiger partial charge in [0, 0.05) is 16.4 Å². The van der Waals surface area contributed by atoms with Crippen LogP contribution in [-0.4, -0.2) is 33.6 Å². The molecule has 7 nitrogen and oxygen atoms in total. The minimum Gasteiger partial charge on any atom is -0.508 e. The number of carbonyl (C=O) groups excluding carboxylic acids is 4. The van der Waals surface area contributed by atoms with Gasteiger partial charge in [-0.25, -0.2) is 9.29 Å². The molecule has 46 heavy (non-hydrogen) atoms. The fraction of sp³-hybridized carbons (Fsp3) is 0.278. The number of rotatable bonds is 4. The summed E-state index contributed by atoms with van der Waals surface area (Å²) in [6, 6.07) is 18.4. The number of amides is 4. The second kappa shape index (κ2) is 10.3. The van der Waals surface area contributed by atoms with Gasteiger partial charge in [0.25, 0.3) is 0 Å². The van der Waals surface area contributed by atoms with Gasteiger partial charge in [-0.2, -0.15) is 0 Å². The van der Waals surface area contributed by atoms with Gasteiger partial charge in [-0.3, -0.25) is 24.1 Å². The molecule has 2 aliphatic heterocycles. The third kappa shape index (κ3) is 3.94. The van der Waals surface area contributed by atoms with Crippen molar-refractivity contribution in [2.45, 2.75) is 32.2 Å². The molecule has 0 radical (unpaired) electrons. The van der Waals surface area contributed by atoms with E-state index in [-0.39, 0.29) is 41.2 Å². The fourth-order valence-corrected chi connectivity index (χ4v) is 9.43. The second-order valence-corrected chi connectivity index (χ2v) is 14.3. The molecule has 1 aromatic heterocycles. The molecule has 3 fully saturated rings. The van der Waals surface area contributed by atoms with Crippen molar-refractivity contribution in [2.75, 3.05) is 4.90 Å². The number of aromatic hydroxyl groups is 1. The van der Waals surface area contributed by atoms with Gasteiger partial charge in [0.2, 0.25) is 23.6 Å². The van der Waals surface area contributed by atoms with Crippen molar-refractivity contribution in [3.63, 3.8) is 0 Å². The average Bonchev–Trinajstić information content (AvgIpc) is 3.70. The molecule has 232 valence electrons. The monoisotopic (exact) mass is 654 g/mol. The molecular formula is C36H28ClFN2O5S. The summed E-state index contributed by atoms with van der Waals surface area (Å²) in [4.78, 5) is 60.2. The number of halogens is 2. The number of hydrogen-bond acceptors (Lipinski definition) is 6. The summed E-state index contributed by atoms with van der Waals surface area (Å²) in [5.74, 6) is -5.63. The van der Waals surface area contributed by atoms with Gasteiger partial charge in [-0.1, -0.05) is 59.6 Å². The summed E-state index contributed by atoms with van der Waals surface area (Å²) in [5.41, 5.74) is 0.0806. The van der Waals surface area contributed by atoms with Gasteiger partial charge < -0.3 is 5.11 Å². The van der Waals surface area contributed by atoms with E-state index in [9.17, 15) is 28.7 Å². The lowest BCUT2D eigenvalue weighted by Gasteiger charge is -2.49. The van der Waals surface area contributed by atoms with E-state index >= 15 is 0 Å². The summed E-state index contributed by atoms with van der Waals surface area (Å²) in [5, 5.41) is 14.8. The number of thiophene rings is 1. The quantitative estimate of drug-likeness (QED) is 0.192. The van der Waals surface area contributed by atoms with Gasteiger partial charge in [0.05, 0.1) is 40.4 Å². The molecule has 4 aliphatic rings. The smallest absolute Gasteiger partial charge is 0.241 e. The molecule has 10 heteroatoms. The lowest BCUT2D eigenvalue weighted by Crippen LogP contribution is -2.49. The zero-order valence-corrected chi connectivity index (χ0v) is 26.2. The number of likely N-dealkylation sites (tertiary alicyclic amines) is 1. The number of carbonyl (C=O) groups is 4. The molecular weight excluding hydrogens is 627 g/mol. The Morgan fingerprint density at radius 3 is 2.54 bits per heavy atom. The van der Waals surface area contributed by atoms with Crippen molar-refractivity contribution < 1.29 is 28.7 Å². The Bertz CT molecular complexity index is 2030. The Hall–Kier alpha value is -4.34. The zero-order chi connectivity index (χ0) is 32.1. The number of fused-ring (bicyclic) bond motifs is 5. The Balaban J connectivity index is 1.31. The number of imide groups is 2. The third-order valence-corrected chi connectivity index (χ3v) is 11.8. The van der Waals surface area contributed by atoms with Gasteiger partial charge in [-0.05, 0) is 72.2 Å². The summed E-state index contributed by atoms with van der Waals surface area (Å²) in [6.07, 6.45) is 2.45. The number of nitrogens with zero attached hydrogens (tertiary/aromatic N) is 2. The Labute approximate surface area is 272 Å². The van der Waals surface area contributed by atoms with E-state index in [0.29, 0.717) is 12.0 Å². The second-order valence-electron chi connectivity index (χ2n) is 12.8. The van der Waals surface area contributed by atoms with Crippen LogP contribution in [0, 0.1) is 34.9 Å². The van der Waals surface area contributed by atoms with Crippen LogP contribution in [-0.2, 0) is 25.7 Å². The molecule has 0 bridgehead atoms. The third-order valence-electron chi connectivity index (χ3n) is 10.7. The topological polar surface area (TPSA) is 95.0 Å². The number of benzene rings is 3. The zero-order valence-electron chi connectivity index (χ0n) is 24.7. The Kier molecular flexibility index (Phi) is 6.54. The van der Waals surface area contributed by atoms with E-state index in [1.807, 2.05) is 47.9 Å². The molecule has 4 amide bonds. The molecule has 3 heterocycles. The number of phenolic OH excluding ortho intramolecular Hbond substituents is 1. The van der Waals surface area contributed by atoms with Crippen molar-refractivity contribution in [2.24, 2.45) is 29.1 Å². The Morgan fingerprint density at radius 2 is 1.78 bits per heavy atom. The van der Waals surface area contributed by atoms with Crippen LogP contribution < -0.4 is 4.90 Å². The van der Waals surface area contributed by atoms with Crippen LogP contribution in [0.3, 0.4) is 0 Å². The van der Waals surface area contributed by atoms with Crippen molar-refractivity contribution in [1.82, 2.24) is 4.90 Å². The highest BCUT2D eigenvalue weighted by atomic mass is 35.5. The normalized spacial score (nSPS) is 28.8. The molecule has 2 saturated heterocycles. The largest absolute Gasteiger partial charge is 0.508 e. The first-order chi connectivity index (χ1) is 22.1. The molecule has 4 aromatic rings. The van der Waals surface area contributed by atoms with Crippen LogP contribution in [0.4, 0.5) is 10.1 Å². The molecule has 1 saturated carbocycles. The van der Waals surface area contributed by atoms with Crippen molar-refractivity contribution in [3.05, 3.63) is 105 Å².